The summed E-state index contributed by atoms with van der Waals surface area (Å²) in [6, 6.07) is 10.7. The Morgan fingerprint density at radius 2 is 2.03 bits per heavy atom. The van der Waals surface area contributed by atoms with E-state index >= 15 is 0 Å². The lowest BCUT2D eigenvalue weighted by Gasteiger charge is -2.28. The van der Waals surface area contributed by atoms with E-state index in [-0.39, 0.29) is 16.5 Å². The van der Waals surface area contributed by atoms with Crippen molar-refractivity contribution in [1.29, 1.82) is 0 Å². The van der Waals surface area contributed by atoms with Gasteiger partial charge in [-0.05, 0) is 29.8 Å². The molecule has 0 radical (unpaired) electrons. The number of thiazole rings is 1. The molecular weight excluding hydrogens is 492 g/mol. The molecule has 0 unspecified atom stereocenters. The van der Waals surface area contributed by atoms with Gasteiger partial charge in [-0.3, -0.25) is 24.7 Å². The van der Waals surface area contributed by atoms with E-state index < -0.39 is 14.8 Å². The number of nitro benzene ring substituents is 1. The molecule has 0 N–H and O–H groups in total. The van der Waals surface area contributed by atoms with Crippen LogP contribution in [0.5, 0.6) is 0 Å². The fraction of sp³-hybridized carbons (Fsp3) is 0.304. The van der Waals surface area contributed by atoms with Gasteiger partial charge >= 0.3 is 0 Å². The van der Waals surface area contributed by atoms with Crippen molar-refractivity contribution in [3.05, 3.63) is 64.2 Å². The molecular formula is C23H24N4O6S2. The highest BCUT2D eigenvalue weighted by Gasteiger charge is 2.21. The average Bonchev–Trinajstić information content (AvgIpc) is 3.26. The molecule has 0 bridgehead atoms. The van der Waals surface area contributed by atoms with Gasteiger partial charge in [0, 0.05) is 50.6 Å². The number of ether oxygens (including phenoxy) is 1. The second-order valence-electron chi connectivity index (χ2n) is 8.03. The first-order valence-electron chi connectivity index (χ1n) is 10.9. The van der Waals surface area contributed by atoms with Gasteiger partial charge in [0.25, 0.3) is 11.6 Å². The number of rotatable bonds is 8. The van der Waals surface area contributed by atoms with Crippen LogP contribution < -0.4 is 4.90 Å². The third-order valence-electron chi connectivity index (χ3n) is 5.52. The van der Waals surface area contributed by atoms with Gasteiger partial charge in [-0.25, -0.2) is 13.4 Å². The smallest absolute Gasteiger partial charge is 0.270 e. The third-order valence-corrected chi connectivity index (χ3v) is 7.67. The van der Waals surface area contributed by atoms with Crippen molar-refractivity contribution in [3.63, 3.8) is 0 Å². The fourth-order valence-electron chi connectivity index (χ4n) is 3.60. The quantitative estimate of drug-likeness (QED) is 0.254. The highest BCUT2D eigenvalue weighted by molar-refractivity contribution is 7.90. The average molecular weight is 517 g/mol. The van der Waals surface area contributed by atoms with E-state index in [9.17, 15) is 23.3 Å². The monoisotopic (exact) mass is 516 g/mol. The summed E-state index contributed by atoms with van der Waals surface area (Å²) in [6.45, 7) is 3.79. The number of amides is 1. The maximum Gasteiger partial charge on any atom is 0.270 e. The zero-order valence-electron chi connectivity index (χ0n) is 19.0. The molecule has 0 aliphatic carbocycles. The van der Waals surface area contributed by atoms with Crippen LogP contribution in [0.25, 0.3) is 16.3 Å². The molecule has 1 aliphatic rings. The molecule has 4 rings (SSSR count). The molecule has 0 spiro atoms. The van der Waals surface area contributed by atoms with Crippen molar-refractivity contribution in [1.82, 2.24) is 9.88 Å². The fourth-order valence-corrected chi connectivity index (χ4v) is 5.36. The summed E-state index contributed by atoms with van der Waals surface area (Å²) in [5.41, 5.74) is 1.07. The number of sulfone groups is 1. The summed E-state index contributed by atoms with van der Waals surface area (Å²) in [5, 5.41) is 11.5. The largest absolute Gasteiger partial charge is 0.379 e. The first-order chi connectivity index (χ1) is 16.7. The number of nitro groups is 1. The van der Waals surface area contributed by atoms with E-state index in [0.717, 1.165) is 19.3 Å². The van der Waals surface area contributed by atoms with Crippen molar-refractivity contribution in [3.8, 4) is 0 Å². The first-order valence-corrected chi connectivity index (χ1v) is 13.6. The van der Waals surface area contributed by atoms with Crippen molar-refractivity contribution in [2.45, 2.75) is 4.90 Å². The summed E-state index contributed by atoms with van der Waals surface area (Å²) in [4.78, 5) is 32.3. The summed E-state index contributed by atoms with van der Waals surface area (Å²) in [5.74, 6) is -0.327. The van der Waals surface area contributed by atoms with Crippen molar-refractivity contribution in [2.75, 3.05) is 50.5 Å². The minimum atomic E-state index is -3.37. The van der Waals surface area contributed by atoms with E-state index in [0.29, 0.717) is 47.2 Å². The van der Waals surface area contributed by atoms with Gasteiger partial charge in [0.2, 0.25) is 0 Å². The number of benzene rings is 2. The van der Waals surface area contributed by atoms with Gasteiger partial charge in [0.1, 0.15) is 0 Å². The van der Waals surface area contributed by atoms with Gasteiger partial charge in [-0.1, -0.05) is 23.5 Å². The molecule has 1 aromatic heterocycles. The summed E-state index contributed by atoms with van der Waals surface area (Å²) >= 11 is 1.24. The van der Waals surface area contributed by atoms with Crippen molar-refractivity contribution >= 4 is 54.2 Å². The predicted molar refractivity (Wildman–Crippen MR) is 134 cm³/mol. The van der Waals surface area contributed by atoms with Crippen LogP contribution in [0.15, 0.2) is 53.4 Å². The molecule has 2 aromatic carbocycles. The zero-order chi connectivity index (χ0) is 25.0. The lowest BCUT2D eigenvalue weighted by atomic mass is 10.2. The lowest BCUT2D eigenvalue weighted by Crippen LogP contribution is -2.42. The highest BCUT2D eigenvalue weighted by atomic mass is 32.2. The number of non-ortho nitro benzene ring substituents is 1. The molecule has 0 atom stereocenters. The lowest BCUT2D eigenvalue weighted by molar-refractivity contribution is -0.384. The van der Waals surface area contributed by atoms with Crippen LogP contribution in [-0.2, 0) is 19.4 Å². The van der Waals surface area contributed by atoms with E-state index in [4.69, 9.17) is 4.74 Å². The van der Waals surface area contributed by atoms with Gasteiger partial charge in [-0.2, -0.15) is 0 Å². The molecule has 3 aromatic rings. The Morgan fingerprint density at radius 3 is 2.74 bits per heavy atom. The Morgan fingerprint density at radius 1 is 1.26 bits per heavy atom. The number of morpholine rings is 1. The number of carbonyl (C=O) groups excluding carboxylic acids is 1. The standard InChI is InChI=1S/C23H24N4O6S2/c1-35(31,32)19-6-7-20-21(16-19)34-23(24-20)26(10-9-25-11-13-33-14-12-25)22(28)8-5-17-3-2-4-18(15-17)27(29)30/h2-8,15-16H,9-14H2,1H3/b8-5+. The number of hydrogen-bond acceptors (Lipinski definition) is 9. The molecule has 10 nitrogen and oxygen atoms in total. The second-order valence-corrected chi connectivity index (χ2v) is 11.1. The number of anilines is 1. The van der Waals surface area contributed by atoms with Crippen LogP contribution in [0.4, 0.5) is 10.8 Å². The van der Waals surface area contributed by atoms with E-state index in [2.05, 4.69) is 9.88 Å². The minimum absolute atomic E-state index is 0.0587. The highest BCUT2D eigenvalue weighted by Crippen LogP contribution is 2.31. The van der Waals surface area contributed by atoms with E-state index in [1.165, 1.54) is 41.7 Å². The molecule has 1 aliphatic heterocycles. The normalized spacial score (nSPS) is 15.0. The molecule has 0 saturated carbocycles. The number of nitrogens with zero attached hydrogens (tertiary/aromatic N) is 4. The van der Waals surface area contributed by atoms with Crippen LogP contribution in [0.3, 0.4) is 0 Å². The van der Waals surface area contributed by atoms with Crippen LogP contribution in [0.1, 0.15) is 5.56 Å². The maximum absolute atomic E-state index is 13.2. The molecule has 12 heteroatoms. The Kier molecular flexibility index (Phi) is 7.55. The van der Waals surface area contributed by atoms with Crippen molar-refractivity contribution in [2.24, 2.45) is 0 Å². The van der Waals surface area contributed by atoms with E-state index in [1.807, 2.05) is 0 Å². The molecule has 2 heterocycles. The SMILES string of the molecule is CS(=O)(=O)c1ccc2nc(N(CCN3CCOCC3)C(=O)/C=C/c3cccc([N+](=O)[O-])c3)sc2c1. The number of carbonyl (C=O) groups is 1. The number of aromatic nitrogens is 1. The Hall–Kier alpha value is -3.19. The maximum atomic E-state index is 13.2. The van der Waals surface area contributed by atoms with Crippen LogP contribution in [0, 0.1) is 10.1 Å². The molecule has 1 fully saturated rings. The van der Waals surface area contributed by atoms with Crippen molar-refractivity contribution < 1.29 is 22.9 Å². The summed E-state index contributed by atoms with van der Waals surface area (Å²) in [7, 11) is -3.37. The molecule has 184 valence electrons. The minimum Gasteiger partial charge on any atom is -0.379 e. The zero-order valence-corrected chi connectivity index (χ0v) is 20.6. The molecule has 35 heavy (non-hydrogen) atoms. The Labute approximate surface area is 206 Å². The number of fused-ring (bicyclic) bond motifs is 1. The predicted octanol–water partition coefficient (Wildman–Crippen LogP) is 2.99. The van der Waals surface area contributed by atoms with E-state index in [1.54, 1.807) is 29.2 Å². The van der Waals surface area contributed by atoms with Gasteiger partial charge in [0.05, 0.1) is 33.2 Å². The topological polar surface area (TPSA) is 123 Å². The molecule has 1 saturated heterocycles. The Balaban J connectivity index is 1.62. The van der Waals surface area contributed by atoms with Crippen LogP contribution in [-0.4, -0.2) is 74.8 Å². The van der Waals surface area contributed by atoms with Gasteiger partial charge in [-0.15, -0.1) is 0 Å². The Bertz CT molecular complexity index is 1380. The van der Waals surface area contributed by atoms with Crippen LogP contribution >= 0.6 is 11.3 Å². The number of hydrogen-bond donors (Lipinski definition) is 0. The first kappa shape index (κ1) is 24.9. The summed E-state index contributed by atoms with van der Waals surface area (Å²) in [6.07, 6.45) is 4.05. The van der Waals surface area contributed by atoms with Gasteiger partial charge < -0.3 is 4.74 Å². The third kappa shape index (κ3) is 6.28. The second kappa shape index (κ2) is 10.6. The molecule has 1 amide bonds. The summed E-state index contributed by atoms with van der Waals surface area (Å²) < 4.78 is 29.9. The van der Waals surface area contributed by atoms with Gasteiger partial charge in [0.15, 0.2) is 15.0 Å². The van der Waals surface area contributed by atoms with Crippen LogP contribution in [0.2, 0.25) is 0 Å².